The standard InChI is InChI=1S/C23H33N3O3S/c1-3-29-16-7-14-24-23(26-18-20-10-12-22(28-2)13-11-20)25-15-17-30(27)19-21-8-5-4-6-9-21/h4-6,8-13H,3,7,14-19H2,1-2H3,(H2,24,25,26). The second kappa shape index (κ2) is 14.6. The van der Waals surface area contributed by atoms with Crippen molar-refractivity contribution in [1.82, 2.24) is 10.6 Å². The van der Waals surface area contributed by atoms with E-state index in [9.17, 15) is 4.21 Å². The summed E-state index contributed by atoms with van der Waals surface area (Å²) in [4.78, 5) is 4.66. The minimum Gasteiger partial charge on any atom is -0.497 e. The summed E-state index contributed by atoms with van der Waals surface area (Å²) in [5.74, 6) is 2.69. The van der Waals surface area contributed by atoms with Crippen molar-refractivity contribution in [3.63, 3.8) is 0 Å². The topological polar surface area (TPSA) is 71.9 Å². The number of nitrogens with zero attached hydrogens (tertiary/aromatic N) is 1. The zero-order chi connectivity index (χ0) is 21.4. The van der Waals surface area contributed by atoms with E-state index in [1.54, 1.807) is 7.11 Å². The molecular formula is C23H33N3O3S. The molecule has 0 aromatic heterocycles. The van der Waals surface area contributed by atoms with Crippen molar-refractivity contribution in [3.8, 4) is 5.75 Å². The van der Waals surface area contributed by atoms with Crippen LogP contribution in [0, 0.1) is 0 Å². The van der Waals surface area contributed by atoms with Gasteiger partial charge in [-0.1, -0.05) is 42.5 Å². The molecule has 2 aromatic rings. The van der Waals surface area contributed by atoms with Crippen molar-refractivity contribution in [2.45, 2.75) is 25.6 Å². The molecule has 1 atom stereocenters. The van der Waals surface area contributed by atoms with Gasteiger partial charge in [-0.2, -0.15) is 0 Å². The first-order valence-corrected chi connectivity index (χ1v) is 11.8. The molecule has 0 heterocycles. The normalized spacial score (nSPS) is 12.4. The van der Waals surface area contributed by atoms with E-state index in [2.05, 4.69) is 15.6 Å². The van der Waals surface area contributed by atoms with Gasteiger partial charge in [0.1, 0.15) is 5.75 Å². The van der Waals surface area contributed by atoms with Crippen LogP contribution in [0.4, 0.5) is 0 Å². The fourth-order valence-corrected chi connectivity index (χ4v) is 3.75. The summed E-state index contributed by atoms with van der Waals surface area (Å²) in [5.41, 5.74) is 2.19. The monoisotopic (exact) mass is 431 g/mol. The second-order valence-electron chi connectivity index (χ2n) is 6.69. The fraction of sp³-hybridized carbons (Fsp3) is 0.435. The molecule has 6 nitrogen and oxygen atoms in total. The maximum absolute atomic E-state index is 12.3. The molecular weight excluding hydrogens is 398 g/mol. The lowest BCUT2D eigenvalue weighted by atomic mass is 10.2. The van der Waals surface area contributed by atoms with Crippen LogP contribution in [-0.2, 0) is 27.8 Å². The van der Waals surface area contributed by atoms with Gasteiger partial charge >= 0.3 is 0 Å². The lowest BCUT2D eigenvalue weighted by molar-refractivity contribution is 0.145. The van der Waals surface area contributed by atoms with Gasteiger partial charge in [-0.3, -0.25) is 4.21 Å². The third-order valence-electron chi connectivity index (χ3n) is 4.33. The third-order valence-corrected chi connectivity index (χ3v) is 5.65. The Morgan fingerprint density at radius 1 is 1.00 bits per heavy atom. The van der Waals surface area contributed by atoms with E-state index in [0.29, 0.717) is 24.6 Å². The zero-order valence-electron chi connectivity index (χ0n) is 17.9. The van der Waals surface area contributed by atoms with Crippen LogP contribution >= 0.6 is 0 Å². The number of aliphatic imine (C=N–C) groups is 1. The van der Waals surface area contributed by atoms with Gasteiger partial charge in [0.15, 0.2) is 5.96 Å². The van der Waals surface area contributed by atoms with Crippen LogP contribution in [0.3, 0.4) is 0 Å². The maximum atomic E-state index is 12.3. The summed E-state index contributed by atoms with van der Waals surface area (Å²) in [6.07, 6.45) is 0.900. The molecule has 0 fully saturated rings. The summed E-state index contributed by atoms with van der Waals surface area (Å²) in [7, 11) is 0.736. The molecule has 30 heavy (non-hydrogen) atoms. The van der Waals surface area contributed by atoms with E-state index in [1.807, 2.05) is 61.5 Å². The minimum atomic E-state index is -0.920. The van der Waals surface area contributed by atoms with Gasteiger partial charge in [-0.15, -0.1) is 0 Å². The largest absolute Gasteiger partial charge is 0.497 e. The Hall–Kier alpha value is -2.38. The molecule has 2 rings (SSSR count). The number of ether oxygens (including phenoxy) is 2. The molecule has 0 saturated heterocycles. The average Bonchev–Trinajstić information content (AvgIpc) is 2.78. The first-order chi connectivity index (χ1) is 14.7. The van der Waals surface area contributed by atoms with Crippen molar-refractivity contribution in [3.05, 3.63) is 65.7 Å². The number of guanidine groups is 1. The van der Waals surface area contributed by atoms with E-state index in [0.717, 1.165) is 49.0 Å². The molecule has 2 aromatic carbocycles. The smallest absolute Gasteiger partial charge is 0.191 e. The Bertz CT molecular complexity index is 767. The molecule has 7 heteroatoms. The van der Waals surface area contributed by atoms with Crippen molar-refractivity contribution >= 4 is 16.8 Å². The highest BCUT2D eigenvalue weighted by Crippen LogP contribution is 2.11. The van der Waals surface area contributed by atoms with Gasteiger partial charge in [0.2, 0.25) is 0 Å². The van der Waals surface area contributed by atoms with Crippen LogP contribution in [0.15, 0.2) is 59.6 Å². The molecule has 0 amide bonds. The van der Waals surface area contributed by atoms with Crippen LogP contribution in [0.25, 0.3) is 0 Å². The molecule has 164 valence electrons. The van der Waals surface area contributed by atoms with E-state index in [-0.39, 0.29) is 0 Å². The summed E-state index contributed by atoms with van der Waals surface area (Å²) >= 11 is 0. The number of benzene rings is 2. The van der Waals surface area contributed by atoms with Gasteiger partial charge in [-0.05, 0) is 36.6 Å². The first kappa shape index (κ1) is 23.9. The number of methoxy groups -OCH3 is 1. The number of hydrogen-bond donors (Lipinski definition) is 2. The molecule has 0 aliphatic carbocycles. The van der Waals surface area contributed by atoms with Gasteiger partial charge in [0, 0.05) is 48.6 Å². The SMILES string of the molecule is CCOCCCNC(=NCc1ccc(OC)cc1)NCCS(=O)Cc1ccccc1. The molecule has 1 unspecified atom stereocenters. The molecule has 0 bridgehead atoms. The van der Waals surface area contributed by atoms with Crippen molar-refractivity contribution in [2.24, 2.45) is 4.99 Å². The van der Waals surface area contributed by atoms with Crippen molar-refractivity contribution in [1.29, 1.82) is 0 Å². The van der Waals surface area contributed by atoms with Crippen LogP contribution in [0.2, 0.25) is 0 Å². The predicted molar refractivity (Wildman–Crippen MR) is 124 cm³/mol. The molecule has 0 spiro atoms. The van der Waals surface area contributed by atoms with Crippen LogP contribution in [-0.4, -0.2) is 49.3 Å². The summed E-state index contributed by atoms with van der Waals surface area (Å²) < 4.78 is 22.9. The van der Waals surface area contributed by atoms with E-state index in [4.69, 9.17) is 9.47 Å². The van der Waals surface area contributed by atoms with E-state index in [1.165, 1.54) is 0 Å². The molecule has 0 aliphatic heterocycles. The van der Waals surface area contributed by atoms with Gasteiger partial charge in [0.25, 0.3) is 0 Å². The average molecular weight is 432 g/mol. The molecule has 0 aliphatic rings. The van der Waals surface area contributed by atoms with Crippen molar-refractivity contribution in [2.75, 3.05) is 39.2 Å². The number of rotatable bonds is 13. The lowest BCUT2D eigenvalue weighted by Crippen LogP contribution is -2.40. The molecule has 0 saturated carbocycles. The Morgan fingerprint density at radius 2 is 1.73 bits per heavy atom. The summed E-state index contributed by atoms with van der Waals surface area (Å²) in [5, 5.41) is 6.63. The molecule has 2 N–H and O–H groups in total. The van der Waals surface area contributed by atoms with E-state index < -0.39 is 10.8 Å². The Kier molecular flexibility index (Phi) is 11.6. The molecule has 0 radical (unpaired) electrons. The second-order valence-corrected chi connectivity index (χ2v) is 8.27. The lowest BCUT2D eigenvalue weighted by Gasteiger charge is -2.13. The zero-order valence-corrected chi connectivity index (χ0v) is 18.7. The summed E-state index contributed by atoms with van der Waals surface area (Å²) in [6, 6.07) is 17.8. The highest BCUT2D eigenvalue weighted by Gasteiger charge is 2.04. The quantitative estimate of drug-likeness (QED) is 0.290. The predicted octanol–water partition coefficient (Wildman–Crippen LogP) is 3.11. The fourth-order valence-electron chi connectivity index (χ4n) is 2.72. The summed E-state index contributed by atoms with van der Waals surface area (Å²) in [6.45, 7) is 5.35. The number of hydrogen-bond acceptors (Lipinski definition) is 4. The van der Waals surface area contributed by atoms with Gasteiger partial charge in [-0.25, -0.2) is 4.99 Å². The Labute approximate surface area is 182 Å². The minimum absolute atomic E-state index is 0.553. The van der Waals surface area contributed by atoms with Crippen LogP contribution in [0.1, 0.15) is 24.5 Å². The highest BCUT2D eigenvalue weighted by molar-refractivity contribution is 7.84. The first-order valence-electron chi connectivity index (χ1n) is 10.3. The Balaban J connectivity index is 1.83. The number of nitrogens with one attached hydrogen (secondary N) is 2. The third kappa shape index (κ3) is 9.89. The van der Waals surface area contributed by atoms with Crippen LogP contribution in [0.5, 0.6) is 5.75 Å². The Morgan fingerprint density at radius 3 is 2.43 bits per heavy atom. The highest BCUT2D eigenvalue weighted by atomic mass is 32.2. The van der Waals surface area contributed by atoms with Gasteiger partial charge in [0.05, 0.1) is 13.7 Å². The van der Waals surface area contributed by atoms with Crippen molar-refractivity contribution < 1.29 is 13.7 Å². The van der Waals surface area contributed by atoms with E-state index >= 15 is 0 Å². The van der Waals surface area contributed by atoms with Crippen LogP contribution < -0.4 is 15.4 Å². The maximum Gasteiger partial charge on any atom is 0.191 e. The van der Waals surface area contributed by atoms with Gasteiger partial charge < -0.3 is 20.1 Å².